The standard InChI is InChI=1S/C14H17ClO2/c15-13-9-10-5-2-1-3-6-11(10)12(14(13)17)7-4-8-16/h8-9,17H,1-7H2. The van der Waals surface area contributed by atoms with Gasteiger partial charge in [-0.1, -0.05) is 18.0 Å². The third-order valence-electron chi connectivity index (χ3n) is 3.45. The summed E-state index contributed by atoms with van der Waals surface area (Å²) in [4.78, 5) is 10.5. The molecule has 0 spiro atoms. The lowest BCUT2D eigenvalue weighted by atomic mass is 9.93. The number of carbonyl (C=O) groups is 1. The minimum absolute atomic E-state index is 0.175. The minimum Gasteiger partial charge on any atom is -0.506 e. The van der Waals surface area contributed by atoms with Crippen molar-refractivity contribution in [2.45, 2.75) is 44.9 Å². The van der Waals surface area contributed by atoms with Crippen LogP contribution in [0.2, 0.25) is 5.02 Å². The Labute approximate surface area is 107 Å². The van der Waals surface area contributed by atoms with E-state index in [1.165, 1.54) is 24.0 Å². The van der Waals surface area contributed by atoms with E-state index in [4.69, 9.17) is 11.6 Å². The average Bonchev–Trinajstić information content (AvgIpc) is 2.55. The number of aldehydes is 1. The van der Waals surface area contributed by atoms with Crippen molar-refractivity contribution >= 4 is 17.9 Å². The van der Waals surface area contributed by atoms with E-state index in [-0.39, 0.29) is 5.75 Å². The van der Waals surface area contributed by atoms with Gasteiger partial charge in [0.15, 0.2) is 0 Å². The van der Waals surface area contributed by atoms with Crippen molar-refractivity contribution in [3.05, 3.63) is 27.8 Å². The number of carbonyl (C=O) groups excluding carboxylic acids is 1. The summed E-state index contributed by atoms with van der Waals surface area (Å²) in [5.74, 6) is 0.175. The van der Waals surface area contributed by atoms with Gasteiger partial charge < -0.3 is 9.90 Å². The van der Waals surface area contributed by atoms with Gasteiger partial charge in [-0.05, 0) is 54.9 Å². The molecule has 0 heterocycles. The van der Waals surface area contributed by atoms with Crippen molar-refractivity contribution in [1.29, 1.82) is 0 Å². The molecule has 1 aromatic rings. The summed E-state index contributed by atoms with van der Waals surface area (Å²) in [7, 11) is 0. The number of aryl methyl sites for hydroxylation is 1. The van der Waals surface area contributed by atoms with Crippen LogP contribution < -0.4 is 0 Å². The zero-order chi connectivity index (χ0) is 12.3. The van der Waals surface area contributed by atoms with E-state index >= 15 is 0 Å². The lowest BCUT2D eigenvalue weighted by Crippen LogP contribution is -2.00. The molecule has 0 amide bonds. The summed E-state index contributed by atoms with van der Waals surface area (Å²) in [6.07, 6.45) is 7.52. The molecule has 92 valence electrons. The lowest BCUT2D eigenvalue weighted by molar-refractivity contribution is -0.107. The van der Waals surface area contributed by atoms with Gasteiger partial charge in [0.1, 0.15) is 12.0 Å². The normalized spacial score (nSPS) is 15.1. The number of phenols is 1. The van der Waals surface area contributed by atoms with Gasteiger partial charge in [-0.2, -0.15) is 0 Å². The van der Waals surface area contributed by atoms with Crippen LogP contribution in [-0.4, -0.2) is 11.4 Å². The highest BCUT2D eigenvalue weighted by Gasteiger charge is 2.17. The first kappa shape index (κ1) is 12.4. The van der Waals surface area contributed by atoms with E-state index in [0.29, 0.717) is 17.9 Å². The Morgan fingerprint density at radius 2 is 2.06 bits per heavy atom. The predicted molar refractivity (Wildman–Crippen MR) is 68.8 cm³/mol. The Bertz CT molecular complexity index is 427. The zero-order valence-electron chi connectivity index (χ0n) is 9.84. The van der Waals surface area contributed by atoms with Gasteiger partial charge in [0.2, 0.25) is 0 Å². The Kier molecular flexibility index (Phi) is 4.06. The molecular weight excluding hydrogens is 236 g/mol. The summed E-state index contributed by atoms with van der Waals surface area (Å²) in [5, 5.41) is 10.4. The van der Waals surface area contributed by atoms with E-state index in [0.717, 1.165) is 31.1 Å². The van der Waals surface area contributed by atoms with Crippen molar-refractivity contribution in [2.75, 3.05) is 0 Å². The summed E-state index contributed by atoms with van der Waals surface area (Å²) in [6.45, 7) is 0. The highest BCUT2D eigenvalue weighted by Crippen LogP contribution is 2.36. The molecule has 0 atom stereocenters. The third-order valence-corrected chi connectivity index (χ3v) is 3.74. The Morgan fingerprint density at radius 1 is 1.29 bits per heavy atom. The average molecular weight is 253 g/mol. The largest absolute Gasteiger partial charge is 0.506 e. The zero-order valence-corrected chi connectivity index (χ0v) is 10.6. The predicted octanol–water partition coefficient (Wildman–Crippen LogP) is 3.45. The van der Waals surface area contributed by atoms with Gasteiger partial charge in [0.25, 0.3) is 0 Å². The van der Waals surface area contributed by atoms with Crippen molar-refractivity contribution in [3.8, 4) is 5.75 Å². The molecule has 3 heteroatoms. The van der Waals surface area contributed by atoms with Gasteiger partial charge in [-0.25, -0.2) is 0 Å². The highest BCUT2D eigenvalue weighted by molar-refractivity contribution is 6.32. The Morgan fingerprint density at radius 3 is 2.82 bits per heavy atom. The number of benzene rings is 1. The fraction of sp³-hybridized carbons (Fsp3) is 0.500. The highest BCUT2D eigenvalue weighted by atomic mass is 35.5. The fourth-order valence-corrected chi connectivity index (χ4v) is 2.84. The maximum absolute atomic E-state index is 10.5. The molecule has 0 bridgehead atoms. The topological polar surface area (TPSA) is 37.3 Å². The molecule has 1 aliphatic rings. The SMILES string of the molecule is O=CCCc1c(O)c(Cl)cc2c1CCCCC2. The molecule has 0 aliphatic heterocycles. The van der Waals surface area contributed by atoms with Crippen molar-refractivity contribution in [1.82, 2.24) is 0 Å². The lowest BCUT2D eigenvalue weighted by Gasteiger charge is -2.15. The molecular formula is C14H17ClO2. The first-order valence-corrected chi connectivity index (χ1v) is 6.57. The molecule has 1 N–H and O–H groups in total. The second kappa shape index (κ2) is 5.54. The first-order chi connectivity index (χ1) is 8.24. The van der Waals surface area contributed by atoms with Crippen molar-refractivity contribution in [2.24, 2.45) is 0 Å². The van der Waals surface area contributed by atoms with Crippen LogP contribution in [0.1, 0.15) is 42.4 Å². The summed E-state index contributed by atoms with van der Waals surface area (Å²) in [5.41, 5.74) is 3.37. The van der Waals surface area contributed by atoms with Gasteiger partial charge in [-0.15, -0.1) is 0 Å². The van der Waals surface area contributed by atoms with Gasteiger partial charge in [0, 0.05) is 6.42 Å². The molecule has 0 aromatic heterocycles. The number of phenolic OH excluding ortho intramolecular Hbond substituents is 1. The van der Waals surface area contributed by atoms with Crippen LogP contribution in [-0.2, 0) is 24.1 Å². The smallest absolute Gasteiger partial charge is 0.137 e. The van der Waals surface area contributed by atoms with Gasteiger partial charge in [-0.3, -0.25) is 0 Å². The maximum atomic E-state index is 10.5. The molecule has 2 nitrogen and oxygen atoms in total. The van der Waals surface area contributed by atoms with Crippen LogP contribution in [0.4, 0.5) is 0 Å². The van der Waals surface area contributed by atoms with E-state index < -0.39 is 0 Å². The van der Waals surface area contributed by atoms with Crippen LogP contribution in [0.3, 0.4) is 0 Å². The number of fused-ring (bicyclic) bond motifs is 1. The number of hydrogen-bond acceptors (Lipinski definition) is 2. The van der Waals surface area contributed by atoms with E-state index in [2.05, 4.69) is 0 Å². The molecule has 2 rings (SSSR count). The van der Waals surface area contributed by atoms with E-state index in [1.807, 2.05) is 6.07 Å². The fourth-order valence-electron chi connectivity index (χ4n) is 2.59. The molecule has 0 unspecified atom stereocenters. The molecule has 0 fully saturated rings. The van der Waals surface area contributed by atoms with Crippen LogP contribution in [0.5, 0.6) is 5.75 Å². The molecule has 0 radical (unpaired) electrons. The quantitative estimate of drug-likeness (QED) is 0.661. The second-order valence-corrected chi connectivity index (χ2v) is 5.00. The van der Waals surface area contributed by atoms with Gasteiger partial charge >= 0.3 is 0 Å². The summed E-state index contributed by atoms with van der Waals surface area (Å²) >= 11 is 6.04. The number of hydrogen-bond donors (Lipinski definition) is 1. The maximum Gasteiger partial charge on any atom is 0.137 e. The van der Waals surface area contributed by atoms with Crippen LogP contribution in [0.25, 0.3) is 0 Å². The Balaban J connectivity index is 2.45. The van der Waals surface area contributed by atoms with Crippen molar-refractivity contribution < 1.29 is 9.90 Å². The van der Waals surface area contributed by atoms with Crippen LogP contribution in [0.15, 0.2) is 6.07 Å². The first-order valence-electron chi connectivity index (χ1n) is 6.19. The molecule has 0 saturated carbocycles. The number of rotatable bonds is 3. The molecule has 1 aliphatic carbocycles. The second-order valence-electron chi connectivity index (χ2n) is 4.59. The number of halogens is 1. The van der Waals surface area contributed by atoms with Crippen LogP contribution >= 0.6 is 11.6 Å². The third kappa shape index (κ3) is 2.63. The van der Waals surface area contributed by atoms with Crippen LogP contribution in [0, 0.1) is 0 Å². The minimum atomic E-state index is 0.175. The van der Waals surface area contributed by atoms with E-state index in [9.17, 15) is 9.90 Å². The molecule has 17 heavy (non-hydrogen) atoms. The monoisotopic (exact) mass is 252 g/mol. The van der Waals surface area contributed by atoms with Gasteiger partial charge in [0.05, 0.1) is 5.02 Å². The number of aromatic hydroxyl groups is 1. The van der Waals surface area contributed by atoms with Crippen molar-refractivity contribution in [3.63, 3.8) is 0 Å². The van der Waals surface area contributed by atoms with E-state index in [1.54, 1.807) is 0 Å². The summed E-state index contributed by atoms with van der Waals surface area (Å²) in [6, 6.07) is 1.89. The molecule has 1 aromatic carbocycles. The Hall–Kier alpha value is -1.02. The summed E-state index contributed by atoms with van der Waals surface area (Å²) < 4.78 is 0. The molecule has 0 saturated heterocycles.